The molecule has 2 heterocycles. The molecule has 74 valence electrons. The quantitative estimate of drug-likeness (QED) is 0.618. The van der Waals surface area contributed by atoms with Crippen LogP contribution in [0.2, 0.25) is 0 Å². The van der Waals surface area contributed by atoms with Crippen molar-refractivity contribution in [2.75, 3.05) is 19.7 Å². The normalized spacial score (nSPS) is 26.7. The van der Waals surface area contributed by atoms with Gasteiger partial charge in [-0.1, -0.05) is 24.3 Å². The molecule has 3 rings (SSSR count). The molecule has 1 fully saturated rings. The van der Waals surface area contributed by atoms with Gasteiger partial charge in [-0.25, -0.2) is 0 Å². The molecule has 1 aromatic carbocycles. The largest absolute Gasteiger partial charge is 0.359 e. The second-order valence-corrected chi connectivity index (χ2v) is 4.06. The summed E-state index contributed by atoms with van der Waals surface area (Å²) in [6.07, 6.45) is 2.60. The predicted molar refractivity (Wildman–Crippen MR) is 55.0 cm³/mol. The molecule has 1 unspecified atom stereocenters. The SMILES string of the molecule is c1ccc2c(c1)CCN1CCCOC21. The lowest BCUT2D eigenvalue weighted by molar-refractivity contribution is -0.103. The summed E-state index contributed by atoms with van der Waals surface area (Å²) in [5.74, 6) is 0. The molecule has 0 bridgehead atoms. The summed E-state index contributed by atoms with van der Waals surface area (Å²) in [6.45, 7) is 3.26. The highest BCUT2D eigenvalue weighted by molar-refractivity contribution is 5.31. The third-order valence-electron chi connectivity index (χ3n) is 3.19. The van der Waals surface area contributed by atoms with Gasteiger partial charge in [0, 0.05) is 13.1 Å². The van der Waals surface area contributed by atoms with Crippen LogP contribution in [0.3, 0.4) is 0 Å². The fraction of sp³-hybridized carbons (Fsp3) is 0.500. The summed E-state index contributed by atoms with van der Waals surface area (Å²) < 4.78 is 5.83. The highest BCUT2D eigenvalue weighted by Gasteiger charge is 2.29. The van der Waals surface area contributed by atoms with Gasteiger partial charge < -0.3 is 4.74 Å². The molecule has 2 nitrogen and oxygen atoms in total. The van der Waals surface area contributed by atoms with Crippen molar-refractivity contribution in [1.29, 1.82) is 0 Å². The minimum atomic E-state index is 0.244. The molecule has 2 heteroatoms. The highest BCUT2D eigenvalue weighted by atomic mass is 16.5. The van der Waals surface area contributed by atoms with Crippen LogP contribution in [0.25, 0.3) is 0 Å². The fourth-order valence-corrected chi connectivity index (χ4v) is 2.47. The average Bonchev–Trinajstić information content (AvgIpc) is 2.29. The molecular formula is C12H15NO. The van der Waals surface area contributed by atoms with E-state index in [1.807, 2.05) is 0 Å². The van der Waals surface area contributed by atoms with Gasteiger partial charge in [0.1, 0.15) is 6.23 Å². The molecule has 1 aromatic rings. The summed E-state index contributed by atoms with van der Waals surface area (Å²) in [5, 5.41) is 0. The van der Waals surface area contributed by atoms with Crippen LogP contribution < -0.4 is 0 Å². The van der Waals surface area contributed by atoms with Gasteiger partial charge in [0.2, 0.25) is 0 Å². The number of fused-ring (bicyclic) bond motifs is 3. The summed E-state index contributed by atoms with van der Waals surface area (Å²) >= 11 is 0. The van der Waals surface area contributed by atoms with E-state index in [1.165, 1.54) is 30.5 Å². The van der Waals surface area contributed by atoms with E-state index >= 15 is 0 Å². The summed E-state index contributed by atoms with van der Waals surface area (Å²) in [4.78, 5) is 2.45. The van der Waals surface area contributed by atoms with Crippen LogP contribution in [-0.2, 0) is 11.2 Å². The van der Waals surface area contributed by atoms with Crippen LogP contribution in [0.5, 0.6) is 0 Å². The fourth-order valence-electron chi connectivity index (χ4n) is 2.47. The van der Waals surface area contributed by atoms with E-state index in [9.17, 15) is 0 Å². The minimum absolute atomic E-state index is 0.244. The predicted octanol–water partition coefficient (Wildman–Crippen LogP) is 1.96. The van der Waals surface area contributed by atoms with Crippen molar-refractivity contribution in [2.24, 2.45) is 0 Å². The molecule has 0 aromatic heterocycles. The van der Waals surface area contributed by atoms with Gasteiger partial charge in [-0.05, 0) is 24.0 Å². The maximum absolute atomic E-state index is 5.83. The third-order valence-corrected chi connectivity index (χ3v) is 3.19. The molecule has 1 atom stereocenters. The summed E-state index contributed by atoms with van der Waals surface area (Å²) in [5.41, 5.74) is 2.86. The molecule has 0 radical (unpaired) electrons. The Labute approximate surface area is 84.5 Å². The molecule has 14 heavy (non-hydrogen) atoms. The van der Waals surface area contributed by atoms with E-state index in [2.05, 4.69) is 29.2 Å². The lowest BCUT2D eigenvalue weighted by Gasteiger charge is -2.40. The first-order valence-electron chi connectivity index (χ1n) is 5.38. The Morgan fingerprint density at radius 2 is 2.14 bits per heavy atom. The molecule has 2 aliphatic heterocycles. The number of ether oxygens (including phenoxy) is 1. The Balaban J connectivity index is 1.99. The smallest absolute Gasteiger partial charge is 0.137 e. The lowest BCUT2D eigenvalue weighted by Crippen LogP contribution is -2.41. The van der Waals surface area contributed by atoms with Crippen LogP contribution in [0.15, 0.2) is 24.3 Å². The van der Waals surface area contributed by atoms with E-state index in [4.69, 9.17) is 4.74 Å². The Morgan fingerprint density at radius 1 is 1.21 bits per heavy atom. The van der Waals surface area contributed by atoms with Crippen molar-refractivity contribution in [1.82, 2.24) is 4.90 Å². The topological polar surface area (TPSA) is 12.5 Å². The second kappa shape index (κ2) is 3.37. The lowest BCUT2D eigenvalue weighted by atomic mass is 9.97. The summed E-state index contributed by atoms with van der Waals surface area (Å²) in [7, 11) is 0. The number of benzene rings is 1. The van der Waals surface area contributed by atoms with Gasteiger partial charge in [-0.15, -0.1) is 0 Å². The van der Waals surface area contributed by atoms with Crippen LogP contribution in [0, 0.1) is 0 Å². The van der Waals surface area contributed by atoms with E-state index in [0.717, 1.165) is 13.2 Å². The Kier molecular flexibility index (Phi) is 2.03. The van der Waals surface area contributed by atoms with E-state index in [1.54, 1.807) is 0 Å². The average molecular weight is 189 g/mol. The number of nitrogens with zero attached hydrogens (tertiary/aromatic N) is 1. The standard InChI is InChI=1S/C12H15NO/c1-2-5-11-10(4-1)6-8-13-7-3-9-14-12(11)13/h1-2,4-5,12H,3,6-9H2. The van der Waals surface area contributed by atoms with Gasteiger partial charge >= 0.3 is 0 Å². The second-order valence-electron chi connectivity index (χ2n) is 4.06. The molecule has 0 aliphatic carbocycles. The molecule has 0 saturated carbocycles. The van der Waals surface area contributed by atoms with Crippen molar-refractivity contribution < 1.29 is 4.74 Å². The zero-order chi connectivity index (χ0) is 9.38. The minimum Gasteiger partial charge on any atom is -0.359 e. The first kappa shape index (κ1) is 8.45. The van der Waals surface area contributed by atoms with Crippen molar-refractivity contribution >= 4 is 0 Å². The van der Waals surface area contributed by atoms with Gasteiger partial charge in [0.05, 0.1) is 6.61 Å². The third kappa shape index (κ3) is 1.26. The zero-order valence-electron chi connectivity index (χ0n) is 8.28. The molecular weight excluding hydrogens is 174 g/mol. The van der Waals surface area contributed by atoms with Crippen LogP contribution in [0.4, 0.5) is 0 Å². The maximum Gasteiger partial charge on any atom is 0.137 e. The zero-order valence-corrected chi connectivity index (χ0v) is 8.28. The van der Waals surface area contributed by atoms with Gasteiger partial charge in [-0.3, -0.25) is 4.90 Å². The van der Waals surface area contributed by atoms with E-state index < -0.39 is 0 Å². The molecule has 2 aliphatic rings. The van der Waals surface area contributed by atoms with Gasteiger partial charge in [0.25, 0.3) is 0 Å². The molecule has 0 spiro atoms. The Morgan fingerprint density at radius 3 is 3.14 bits per heavy atom. The van der Waals surface area contributed by atoms with Crippen LogP contribution in [0.1, 0.15) is 23.8 Å². The molecule has 0 amide bonds. The highest BCUT2D eigenvalue weighted by Crippen LogP contribution is 2.32. The molecule has 1 saturated heterocycles. The maximum atomic E-state index is 5.83. The first-order chi connectivity index (χ1) is 6.95. The van der Waals surface area contributed by atoms with Crippen LogP contribution in [-0.4, -0.2) is 24.6 Å². The number of hydrogen-bond acceptors (Lipinski definition) is 2. The van der Waals surface area contributed by atoms with E-state index in [0.29, 0.717) is 0 Å². The number of hydrogen-bond donors (Lipinski definition) is 0. The number of rotatable bonds is 0. The Bertz CT molecular complexity index is 337. The van der Waals surface area contributed by atoms with Crippen LogP contribution >= 0.6 is 0 Å². The van der Waals surface area contributed by atoms with Gasteiger partial charge in [0.15, 0.2) is 0 Å². The monoisotopic (exact) mass is 189 g/mol. The van der Waals surface area contributed by atoms with E-state index in [-0.39, 0.29) is 6.23 Å². The van der Waals surface area contributed by atoms with Crippen molar-refractivity contribution in [2.45, 2.75) is 19.1 Å². The van der Waals surface area contributed by atoms with Gasteiger partial charge in [-0.2, -0.15) is 0 Å². The molecule has 0 N–H and O–H groups in total. The Hall–Kier alpha value is -0.860. The van der Waals surface area contributed by atoms with Crippen molar-refractivity contribution in [3.63, 3.8) is 0 Å². The van der Waals surface area contributed by atoms with Crippen molar-refractivity contribution in [3.8, 4) is 0 Å². The first-order valence-corrected chi connectivity index (χ1v) is 5.38. The summed E-state index contributed by atoms with van der Waals surface area (Å²) in [6, 6.07) is 8.67. The van der Waals surface area contributed by atoms with Crippen molar-refractivity contribution in [3.05, 3.63) is 35.4 Å².